The van der Waals surface area contributed by atoms with Gasteiger partial charge in [0.2, 0.25) is 0 Å². The fourth-order valence-corrected chi connectivity index (χ4v) is 1.79. The molecule has 2 rings (SSSR count). The van der Waals surface area contributed by atoms with E-state index in [1.807, 2.05) is 13.0 Å². The van der Waals surface area contributed by atoms with E-state index in [-0.39, 0.29) is 11.6 Å². The molecule has 0 spiro atoms. The number of ether oxygens (including phenoxy) is 1. The Kier molecular flexibility index (Phi) is 4.66. The summed E-state index contributed by atoms with van der Waals surface area (Å²) in [6.07, 6.45) is 3.12. The summed E-state index contributed by atoms with van der Waals surface area (Å²) < 4.78 is 18.2. The molecule has 0 heterocycles. The molecule has 0 aliphatic heterocycles. The van der Waals surface area contributed by atoms with Gasteiger partial charge in [-0.15, -0.1) is 0 Å². The van der Waals surface area contributed by atoms with Crippen molar-refractivity contribution in [3.05, 3.63) is 71.6 Å². The van der Waals surface area contributed by atoms with E-state index in [1.54, 1.807) is 36.4 Å². The van der Waals surface area contributed by atoms with Crippen LogP contribution in [0.25, 0.3) is 6.08 Å². The molecule has 0 unspecified atom stereocenters. The number of para-hydroxylation sites is 1. The van der Waals surface area contributed by atoms with Gasteiger partial charge in [0.15, 0.2) is 5.78 Å². The van der Waals surface area contributed by atoms with Crippen LogP contribution in [0.15, 0.2) is 54.6 Å². The van der Waals surface area contributed by atoms with E-state index in [0.29, 0.717) is 17.9 Å². The Balaban J connectivity index is 2.17. The van der Waals surface area contributed by atoms with E-state index in [2.05, 4.69) is 0 Å². The number of rotatable bonds is 5. The van der Waals surface area contributed by atoms with Crippen molar-refractivity contribution < 1.29 is 13.9 Å². The van der Waals surface area contributed by atoms with Crippen molar-refractivity contribution in [3.8, 4) is 5.75 Å². The summed E-state index contributed by atoms with van der Waals surface area (Å²) in [5.41, 5.74) is 1.29. The second-order valence-electron chi connectivity index (χ2n) is 4.18. The standard InChI is InChI=1S/C17H15FO2/c1-2-20-17-6-4-3-5-15(17)16(19)12-9-13-7-10-14(18)11-8-13/h3-12H,2H2,1H3/b12-9+. The molecule has 0 N–H and O–H groups in total. The van der Waals surface area contributed by atoms with Crippen LogP contribution in [0.3, 0.4) is 0 Å². The molecule has 20 heavy (non-hydrogen) atoms. The third-order valence-corrected chi connectivity index (χ3v) is 2.75. The fraction of sp³-hybridized carbons (Fsp3) is 0.118. The minimum absolute atomic E-state index is 0.140. The van der Waals surface area contributed by atoms with Crippen molar-refractivity contribution in [1.29, 1.82) is 0 Å². The maximum atomic E-state index is 12.8. The van der Waals surface area contributed by atoms with Crippen LogP contribution >= 0.6 is 0 Å². The van der Waals surface area contributed by atoms with Gasteiger partial charge in [0.25, 0.3) is 0 Å². The van der Waals surface area contributed by atoms with Gasteiger partial charge >= 0.3 is 0 Å². The van der Waals surface area contributed by atoms with Gasteiger partial charge in [-0.05, 0) is 42.8 Å². The molecule has 2 aromatic rings. The molecule has 2 aromatic carbocycles. The predicted molar refractivity (Wildman–Crippen MR) is 77.4 cm³/mol. The average molecular weight is 270 g/mol. The highest BCUT2D eigenvalue weighted by Crippen LogP contribution is 2.19. The number of allylic oxidation sites excluding steroid dienone is 1. The molecule has 2 nitrogen and oxygen atoms in total. The van der Waals surface area contributed by atoms with Gasteiger partial charge in [-0.25, -0.2) is 4.39 Å². The van der Waals surface area contributed by atoms with Crippen LogP contribution in [-0.4, -0.2) is 12.4 Å². The van der Waals surface area contributed by atoms with Crippen molar-refractivity contribution in [1.82, 2.24) is 0 Å². The number of carbonyl (C=O) groups excluding carboxylic acids is 1. The van der Waals surface area contributed by atoms with Gasteiger partial charge in [0.1, 0.15) is 11.6 Å². The Hall–Kier alpha value is -2.42. The Labute approximate surface area is 117 Å². The van der Waals surface area contributed by atoms with Crippen molar-refractivity contribution in [2.45, 2.75) is 6.92 Å². The molecule has 0 bridgehead atoms. The first-order chi connectivity index (χ1) is 9.70. The first kappa shape index (κ1) is 14.0. The number of benzene rings is 2. The molecular weight excluding hydrogens is 255 g/mol. The summed E-state index contributed by atoms with van der Waals surface area (Å²) in [5.74, 6) is 0.136. The summed E-state index contributed by atoms with van der Waals surface area (Å²) in [5, 5.41) is 0. The topological polar surface area (TPSA) is 26.3 Å². The average Bonchev–Trinajstić information content (AvgIpc) is 2.47. The Bertz CT molecular complexity index is 615. The van der Waals surface area contributed by atoms with Gasteiger partial charge in [0.05, 0.1) is 12.2 Å². The first-order valence-electron chi connectivity index (χ1n) is 6.40. The second kappa shape index (κ2) is 6.66. The van der Waals surface area contributed by atoms with E-state index in [9.17, 15) is 9.18 Å². The highest BCUT2D eigenvalue weighted by atomic mass is 19.1. The van der Waals surface area contributed by atoms with Crippen molar-refractivity contribution in [2.24, 2.45) is 0 Å². The lowest BCUT2D eigenvalue weighted by Gasteiger charge is -2.06. The highest BCUT2D eigenvalue weighted by Gasteiger charge is 2.08. The zero-order chi connectivity index (χ0) is 14.4. The van der Waals surface area contributed by atoms with Gasteiger partial charge in [-0.2, -0.15) is 0 Å². The van der Waals surface area contributed by atoms with Crippen molar-refractivity contribution >= 4 is 11.9 Å². The maximum Gasteiger partial charge on any atom is 0.189 e. The van der Waals surface area contributed by atoms with Crippen LogP contribution in [0, 0.1) is 5.82 Å². The van der Waals surface area contributed by atoms with Crippen molar-refractivity contribution in [3.63, 3.8) is 0 Å². The highest BCUT2D eigenvalue weighted by molar-refractivity contribution is 6.08. The smallest absolute Gasteiger partial charge is 0.189 e. The van der Waals surface area contributed by atoms with Crippen LogP contribution < -0.4 is 4.74 Å². The van der Waals surface area contributed by atoms with Gasteiger partial charge < -0.3 is 4.74 Å². The summed E-state index contributed by atoms with van der Waals surface area (Å²) in [6, 6.07) is 13.1. The molecule has 0 aliphatic carbocycles. The Morgan fingerprint density at radius 1 is 1.15 bits per heavy atom. The van der Waals surface area contributed by atoms with Crippen LogP contribution in [-0.2, 0) is 0 Å². The van der Waals surface area contributed by atoms with E-state index >= 15 is 0 Å². The minimum Gasteiger partial charge on any atom is -0.493 e. The predicted octanol–water partition coefficient (Wildman–Crippen LogP) is 4.12. The summed E-state index contributed by atoms with van der Waals surface area (Å²) in [6.45, 7) is 2.38. The largest absolute Gasteiger partial charge is 0.493 e. The molecule has 0 aromatic heterocycles. The first-order valence-corrected chi connectivity index (χ1v) is 6.40. The van der Waals surface area contributed by atoms with E-state index in [0.717, 1.165) is 5.56 Å². The van der Waals surface area contributed by atoms with Crippen LogP contribution in [0.5, 0.6) is 5.75 Å². The summed E-state index contributed by atoms with van der Waals surface area (Å²) >= 11 is 0. The van der Waals surface area contributed by atoms with Crippen LogP contribution in [0.4, 0.5) is 4.39 Å². The lowest BCUT2D eigenvalue weighted by molar-refractivity contribution is 0.104. The normalized spacial score (nSPS) is 10.7. The minimum atomic E-state index is -0.296. The van der Waals surface area contributed by atoms with E-state index < -0.39 is 0 Å². The van der Waals surface area contributed by atoms with Gasteiger partial charge in [0, 0.05) is 0 Å². The Morgan fingerprint density at radius 3 is 2.55 bits per heavy atom. The van der Waals surface area contributed by atoms with Gasteiger partial charge in [-0.3, -0.25) is 4.79 Å². The Morgan fingerprint density at radius 2 is 1.85 bits per heavy atom. The lowest BCUT2D eigenvalue weighted by Crippen LogP contribution is -2.01. The zero-order valence-corrected chi connectivity index (χ0v) is 11.2. The van der Waals surface area contributed by atoms with Crippen LogP contribution in [0.2, 0.25) is 0 Å². The number of halogens is 1. The number of hydrogen-bond acceptors (Lipinski definition) is 2. The number of ketones is 1. The second-order valence-corrected chi connectivity index (χ2v) is 4.18. The third-order valence-electron chi connectivity index (χ3n) is 2.75. The quantitative estimate of drug-likeness (QED) is 0.603. The lowest BCUT2D eigenvalue weighted by atomic mass is 10.1. The van der Waals surface area contributed by atoms with Gasteiger partial charge in [-0.1, -0.05) is 30.3 Å². The molecule has 0 saturated carbocycles. The molecule has 0 radical (unpaired) electrons. The fourth-order valence-electron chi connectivity index (χ4n) is 1.79. The SMILES string of the molecule is CCOc1ccccc1C(=O)/C=C/c1ccc(F)cc1. The molecule has 0 aliphatic rings. The summed E-state index contributed by atoms with van der Waals surface area (Å²) in [7, 11) is 0. The third kappa shape index (κ3) is 3.54. The van der Waals surface area contributed by atoms with E-state index in [1.165, 1.54) is 18.2 Å². The molecule has 0 fully saturated rings. The van der Waals surface area contributed by atoms with Crippen LogP contribution in [0.1, 0.15) is 22.8 Å². The molecular formula is C17H15FO2. The van der Waals surface area contributed by atoms with E-state index in [4.69, 9.17) is 4.74 Å². The molecule has 102 valence electrons. The molecule has 0 atom stereocenters. The summed E-state index contributed by atoms with van der Waals surface area (Å²) in [4.78, 5) is 12.1. The molecule has 0 saturated heterocycles. The monoisotopic (exact) mass is 270 g/mol. The van der Waals surface area contributed by atoms with Crippen molar-refractivity contribution in [2.75, 3.05) is 6.61 Å². The number of carbonyl (C=O) groups is 1. The molecule has 0 amide bonds. The maximum absolute atomic E-state index is 12.8. The zero-order valence-electron chi connectivity index (χ0n) is 11.2. The molecule has 3 heteroatoms. The number of hydrogen-bond donors (Lipinski definition) is 0.